The third kappa shape index (κ3) is 1.94. The average molecular weight is 351 g/mol. The van der Waals surface area contributed by atoms with E-state index in [4.69, 9.17) is 0 Å². The molecule has 0 aliphatic rings. The highest BCUT2D eigenvalue weighted by molar-refractivity contribution is 14.1. The van der Waals surface area contributed by atoms with Gasteiger partial charge in [-0.05, 0) is 46.9 Å². The van der Waals surface area contributed by atoms with Crippen molar-refractivity contribution in [3.63, 3.8) is 0 Å². The maximum absolute atomic E-state index is 11.0. The minimum atomic E-state index is -0.115. The van der Waals surface area contributed by atoms with Crippen LogP contribution in [0, 0.1) is 3.57 Å². The van der Waals surface area contributed by atoms with Gasteiger partial charge in [-0.25, -0.2) is 4.98 Å². The first-order valence-corrected chi connectivity index (χ1v) is 6.56. The van der Waals surface area contributed by atoms with E-state index < -0.39 is 0 Å². The molecular weight excluding hydrogens is 341 g/mol. The highest BCUT2D eigenvalue weighted by Gasteiger charge is 2.07. The van der Waals surface area contributed by atoms with Gasteiger partial charge < -0.3 is 10.3 Å². The van der Waals surface area contributed by atoms with Crippen LogP contribution in [0.3, 0.4) is 0 Å². The van der Waals surface area contributed by atoms with Gasteiger partial charge in [0.05, 0.1) is 11.7 Å². The summed E-state index contributed by atoms with van der Waals surface area (Å²) in [6.45, 7) is 1.48. The van der Waals surface area contributed by atoms with Crippen molar-refractivity contribution in [1.29, 1.82) is 0 Å². The zero-order valence-corrected chi connectivity index (χ0v) is 11.8. The summed E-state index contributed by atoms with van der Waals surface area (Å²) in [6.07, 6.45) is 1.74. The van der Waals surface area contributed by atoms with Gasteiger partial charge >= 0.3 is 0 Å². The summed E-state index contributed by atoms with van der Waals surface area (Å²) in [5.74, 6) is 0.464. The van der Waals surface area contributed by atoms with Gasteiger partial charge in [0.1, 0.15) is 5.82 Å². The Balaban J connectivity index is 2.27. The van der Waals surface area contributed by atoms with Crippen molar-refractivity contribution in [1.82, 2.24) is 9.97 Å². The Kier molecular flexibility index (Phi) is 2.70. The van der Waals surface area contributed by atoms with Crippen LogP contribution in [-0.2, 0) is 4.79 Å². The van der Waals surface area contributed by atoms with Crippen LogP contribution in [0.4, 0.5) is 5.82 Å². The lowest BCUT2D eigenvalue weighted by Gasteiger charge is -2.00. The highest BCUT2D eigenvalue weighted by Crippen LogP contribution is 2.27. The van der Waals surface area contributed by atoms with Gasteiger partial charge in [-0.1, -0.05) is 0 Å². The van der Waals surface area contributed by atoms with E-state index in [1.807, 2.05) is 6.07 Å². The Hall–Kier alpha value is -1.63. The number of rotatable bonds is 1. The summed E-state index contributed by atoms with van der Waals surface area (Å²) >= 11 is 2.29. The molecular formula is C13H10IN3O. The Labute approximate surface area is 117 Å². The molecule has 3 rings (SSSR count). The number of nitrogens with one attached hydrogen (secondary N) is 2. The molecule has 0 spiro atoms. The summed E-state index contributed by atoms with van der Waals surface area (Å²) in [5, 5.41) is 4.92. The lowest BCUT2D eigenvalue weighted by molar-refractivity contribution is -0.114. The van der Waals surface area contributed by atoms with Crippen LogP contribution in [0.15, 0.2) is 30.5 Å². The summed E-state index contributed by atoms with van der Waals surface area (Å²) in [4.78, 5) is 18.6. The minimum absolute atomic E-state index is 0.115. The number of aromatic nitrogens is 2. The van der Waals surface area contributed by atoms with Crippen molar-refractivity contribution >= 4 is 56.1 Å². The Morgan fingerprint density at radius 2 is 2.06 bits per heavy atom. The largest absolute Gasteiger partial charge is 0.353 e. The molecule has 2 aromatic heterocycles. The molecule has 2 N–H and O–H groups in total. The van der Waals surface area contributed by atoms with E-state index in [0.717, 1.165) is 21.8 Å². The van der Waals surface area contributed by atoms with Gasteiger partial charge in [0.2, 0.25) is 5.91 Å². The van der Waals surface area contributed by atoms with E-state index in [1.165, 1.54) is 10.5 Å². The molecule has 1 aromatic carbocycles. The molecule has 18 heavy (non-hydrogen) atoms. The molecule has 2 heterocycles. The number of H-pyrrole nitrogens is 1. The molecule has 0 atom stereocenters. The molecule has 0 saturated heterocycles. The van der Waals surface area contributed by atoms with Crippen molar-refractivity contribution < 1.29 is 4.79 Å². The number of halogens is 1. The SMILES string of the molecule is CC(=O)Nc1cc2c(cn1)[nH]c1ccc(I)cc12. The summed E-state index contributed by atoms with van der Waals surface area (Å²) in [6, 6.07) is 8.12. The first kappa shape index (κ1) is 11.5. The molecule has 0 radical (unpaired) electrons. The monoisotopic (exact) mass is 351 g/mol. The van der Waals surface area contributed by atoms with Crippen molar-refractivity contribution in [2.45, 2.75) is 6.92 Å². The lowest BCUT2D eigenvalue weighted by Crippen LogP contribution is -2.06. The first-order valence-electron chi connectivity index (χ1n) is 5.48. The third-order valence-electron chi connectivity index (χ3n) is 2.75. The topological polar surface area (TPSA) is 57.8 Å². The average Bonchev–Trinajstić information content (AvgIpc) is 2.66. The molecule has 4 nitrogen and oxygen atoms in total. The van der Waals surface area contributed by atoms with Gasteiger partial charge in [0, 0.05) is 26.8 Å². The van der Waals surface area contributed by atoms with Crippen LogP contribution >= 0.6 is 22.6 Å². The number of nitrogens with zero attached hydrogens (tertiary/aromatic N) is 1. The predicted molar refractivity (Wildman–Crippen MR) is 80.6 cm³/mol. The van der Waals surface area contributed by atoms with Crippen molar-refractivity contribution in [2.24, 2.45) is 0 Å². The molecule has 0 saturated carbocycles. The number of hydrogen-bond acceptors (Lipinski definition) is 2. The van der Waals surface area contributed by atoms with Crippen LogP contribution in [0.25, 0.3) is 21.8 Å². The molecule has 90 valence electrons. The quantitative estimate of drug-likeness (QED) is 0.661. The highest BCUT2D eigenvalue weighted by atomic mass is 127. The van der Waals surface area contributed by atoms with Gasteiger partial charge in [-0.15, -0.1) is 0 Å². The van der Waals surface area contributed by atoms with E-state index in [9.17, 15) is 4.79 Å². The Morgan fingerprint density at radius 3 is 2.83 bits per heavy atom. The van der Waals surface area contributed by atoms with Gasteiger partial charge in [-0.2, -0.15) is 0 Å². The molecule has 0 fully saturated rings. The molecule has 0 bridgehead atoms. The number of amides is 1. The maximum atomic E-state index is 11.0. The number of aromatic amines is 1. The lowest BCUT2D eigenvalue weighted by atomic mass is 10.2. The predicted octanol–water partition coefficient (Wildman–Crippen LogP) is 3.28. The summed E-state index contributed by atoms with van der Waals surface area (Å²) < 4.78 is 1.18. The van der Waals surface area contributed by atoms with Crippen LogP contribution < -0.4 is 5.32 Å². The first-order chi connectivity index (χ1) is 8.63. The Morgan fingerprint density at radius 1 is 1.28 bits per heavy atom. The van der Waals surface area contributed by atoms with E-state index in [-0.39, 0.29) is 5.91 Å². The third-order valence-corrected chi connectivity index (χ3v) is 3.42. The van der Waals surface area contributed by atoms with E-state index in [0.29, 0.717) is 5.82 Å². The second-order valence-corrected chi connectivity index (χ2v) is 5.36. The van der Waals surface area contributed by atoms with E-state index in [2.05, 4.69) is 56.1 Å². The maximum Gasteiger partial charge on any atom is 0.222 e. The zero-order chi connectivity index (χ0) is 12.7. The Bertz CT molecular complexity index is 763. The fourth-order valence-corrected chi connectivity index (χ4v) is 2.51. The molecule has 0 aliphatic heterocycles. The molecule has 3 aromatic rings. The summed E-state index contributed by atoms with van der Waals surface area (Å²) in [7, 11) is 0. The van der Waals surface area contributed by atoms with Gasteiger partial charge in [0.15, 0.2) is 0 Å². The number of anilines is 1. The normalized spacial score (nSPS) is 11.0. The molecule has 0 unspecified atom stereocenters. The van der Waals surface area contributed by atoms with Crippen molar-refractivity contribution in [3.05, 3.63) is 34.0 Å². The van der Waals surface area contributed by atoms with Crippen molar-refractivity contribution in [2.75, 3.05) is 5.32 Å². The smallest absolute Gasteiger partial charge is 0.222 e. The van der Waals surface area contributed by atoms with Crippen molar-refractivity contribution in [3.8, 4) is 0 Å². The zero-order valence-electron chi connectivity index (χ0n) is 9.62. The van der Waals surface area contributed by atoms with E-state index in [1.54, 1.807) is 6.20 Å². The number of carbonyl (C=O) groups excluding carboxylic acids is 1. The number of pyridine rings is 1. The summed E-state index contributed by atoms with van der Waals surface area (Å²) in [5.41, 5.74) is 2.05. The second kappa shape index (κ2) is 4.24. The minimum Gasteiger partial charge on any atom is -0.353 e. The molecule has 0 aliphatic carbocycles. The van der Waals surface area contributed by atoms with E-state index >= 15 is 0 Å². The fraction of sp³-hybridized carbons (Fsp3) is 0.0769. The van der Waals surface area contributed by atoms with Crippen LogP contribution in [0.1, 0.15) is 6.92 Å². The number of fused-ring (bicyclic) bond motifs is 3. The van der Waals surface area contributed by atoms with Crippen LogP contribution in [0.2, 0.25) is 0 Å². The van der Waals surface area contributed by atoms with Gasteiger partial charge in [-0.3, -0.25) is 4.79 Å². The fourth-order valence-electron chi connectivity index (χ4n) is 2.02. The number of carbonyl (C=O) groups is 1. The molecule has 1 amide bonds. The number of benzene rings is 1. The van der Waals surface area contributed by atoms with Crippen LogP contribution in [-0.4, -0.2) is 15.9 Å². The number of hydrogen-bond donors (Lipinski definition) is 2. The van der Waals surface area contributed by atoms with Crippen LogP contribution in [0.5, 0.6) is 0 Å². The molecule has 5 heteroatoms. The van der Waals surface area contributed by atoms with Gasteiger partial charge in [0.25, 0.3) is 0 Å². The standard InChI is InChI=1S/C13H10IN3O/c1-7(18)16-13-5-10-9-4-8(14)2-3-11(9)17-12(10)6-15-13/h2-6,17H,1H3,(H,15,16,18). The second-order valence-electron chi connectivity index (χ2n) is 4.11.